The number of carbonyl (C=O) groups is 1. The van der Waals surface area contributed by atoms with Crippen molar-refractivity contribution in [3.8, 4) is 0 Å². The Labute approximate surface area is 345 Å². The van der Waals surface area contributed by atoms with E-state index in [1.807, 2.05) is 0 Å². The Bertz CT molecular complexity index is 999. The summed E-state index contributed by atoms with van der Waals surface area (Å²) in [5, 5.41) is 0. The van der Waals surface area contributed by atoms with E-state index in [0.717, 1.165) is 57.8 Å². The largest absolute Gasteiger partial charge is 0.472 e. The van der Waals surface area contributed by atoms with Gasteiger partial charge >= 0.3 is 13.8 Å². The van der Waals surface area contributed by atoms with Crippen LogP contribution in [0.15, 0.2) is 48.6 Å². The second-order valence-corrected chi connectivity index (χ2v) is 16.7. The van der Waals surface area contributed by atoms with E-state index >= 15 is 0 Å². The highest BCUT2D eigenvalue weighted by atomic mass is 31.2. The number of ether oxygens (including phenoxy) is 2. The fourth-order valence-corrected chi connectivity index (χ4v) is 7.17. The molecular weight excluding hydrogens is 721 g/mol. The number of phosphoric ester groups is 1. The Balaban J connectivity index is 3.93. The van der Waals surface area contributed by atoms with Crippen LogP contribution in [0.25, 0.3) is 0 Å². The van der Waals surface area contributed by atoms with E-state index < -0.39 is 13.9 Å². The van der Waals surface area contributed by atoms with Gasteiger partial charge < -0.3 is 20.1 Å². The summed E-state index contributed by atoms with van der Waals surface area (Å²) in [6.45, 7) is 4.82. The van der Waals surface area contributed by atoms with Crippen molar-refractivity contribution < 1.29 is 32.8 Å². The Hall–Kier alpha value is -1.54. The van der Waals surface area contributed by atoms with E-state index in [1.54, 1.807) is 0 Å². The lowest BCUT2D eigenvalue weighted by atomic mass is 10.0. The number of nitrogens with two attached hydrogens (primary N) is 1. The number of hydrogen-bond donors (Lipinski definition) is 2. The van der Waals surface area contributed by atoms with Gasteiger partial charge in [-0.05, 0) is 51.4 Å². The number of carbonyl (C=O) groups excluding carboxylic acids is 1. The van der Waals surface area contributed by atoms with Crippen LogP contribution in [0.2, 0.25) is 0 Å². The number of allylic oxidation sites excluding steroid dienone is 8. The van der Waals surface area contributed by atoms with E-state index in [4.69, 9.17) is 24.3 Å². The third-order valence-electron chi connectivity index (χ3n) is 9.76. The maximum absolute atomic E-state index is 12.6. The molecule has 0 rings (SSSR count). The second kappa shape index (κ2) is 44.6. The molecule has 0 aromatic rings. The topological polar surface area (TPSA) is 117 Å². The van der Waals surface area contributed by atoms with Crippen LogP contribution in [-0.2, 0) is 27.9 Å². The van der Waals surface area contributed by atoms with Gasteiger partial charge in [0.05, 0.1) is 19.8 Å². The molecule has 0 radical (unpaired) electrons. The number of esters is 1. The smallest absolute Gasteiger partial charge is 0.457 e. The lowest BCUT2D eigenvalue weighted by Gasteiger charge is -2.20. The third-order valence-corrected chi connectivity index (χ3v) is 10.7. The molecule has 0 spiro atoms. The number of phosphoric acid groups is 1. The van der Waals surface area contributed by atoms with Crippen molar-refractivity contribution in [3.63, 3.8) is 0 Å². The van der Waals surface area contributed by atoms with E-state index in [1.165, 1.54) is 128 Å². The zero-order chi connectivity index (χ0) is 40.9. The van der Waals surface area contributed by atoms with Crippen LogP contribution in [0, 0.1) is 0 Å². The highest BCUT2D eigenvalue weighted by molar-refractivity contribution is 7.47. The molecular formula is C47H88NO7P. The predicted octanol–water partition coefficient (Wildman–Crippen LogP) is 14.0. The van der Waals surface area contributed by atoms with Crippen molar-refractivity contribution in [2.75, 3.05) is 33.0 Å². The Kier molecular flexibility index (Phi) is 43.3. The summed E-state index contributed by atoms with van der Waals surface area (Å²) < 4.78 is 33.5. The van der Waals surface area contributed by atoms with Crippen LogP contribution in [0.5, 0.6) is 0 Å². The van der Waals surface area contributed by atoms with Crippen LogP contribution in [-0.4, -0.2) is 49.9 Å². The monoisotopic (exact) mass is 810 g/mol. The minimum atomic E-state index is -4.28. The zero-order valence-electron chi connectivity index (χ0n) is 36.4. The molecule has 0 bridgehead atoms. The molecule has 0 aliphatic carbocycles. The highest BCUT2D eigenvalue weighted by Crippen LogP contribution is 2.43. The highest BCUT2D eigenvalue weighted by Gasteiger charge is 2.25. The molecule has 3 N–H and O–H groups in total. The van der Waals surface area contributed by atoms with Crippen molar-refractivity contribution in [3.05, 3.63) is 48.6 Å². The summed E-state index contributed by atoms with van der Waals surface area (Å²) in [6, 6.07) is 0. The standard InChI is InChI=1S/C47H88NO7P/c1-3-5-7-9-11-13-15-17-18-19-20-21-22-23-24-25-26-27-29-31-33-35-37-39-42-52-44-46(45-54-56(50,51)53-43-41-48)55-47(49)40-38-36-34-32-30-28-16-14-12-10-8-6-4-2/h5,7,11,13,17-18,20-21,46H,3-4,6,8-10,12,14-16,19,22-45,48H2,1-2H3,(H,50,51)/b7-5-,13-11-,18-17-,21-20-. The van der Waals surface area contributed by atoms with Crippen LogP contribution in [0.4, 0.5) is 0 Å². The summed E-state index contributed by atoms with van der Waals surface area (Å²) >= 11 is 0. The van der Waals surface area contributed by atoms with Crippen molar-refractivity contribution in [2.45, 2.75) is 213 Å². The van der Waals surface area contributed by atoms with Crippen LogP contribution in [0.1, 0.15) is 206 Å². The van der Waals surface area contributed by atoms with Crippen LogP contribution in [0.3, 0.4) is 0 Å². The first-order chi connectivity index (χ1) is 27.4. The van der Waals surface area contributed by atoms with Gasteiger partial charge in [-0.15, -0.1) is 0 Å². The normalized spacial score (nSPS) is 13.9. The minimum absolute atomic E-state index is 0.0957. The van der Waals surface area contributed by atoms with Gasteiger partial charge in [-0.3, -0.25) is 13.8 Å². The summed E-state index contributed by atoms with van der Waals surface area (Å²) in [5.41, 5.74) is 5.37. The first-order valence-corrected chi connectivity index (χ1v) is 24.6. The molecule has 0 saturated carbocycles. The molecule has 56 heavy (non-hydrogen) atoms. The van der Waals surface area contributed by atoms with E-state index in [-0.39, 0.29) is 32.3 Å². The third kappa shape index (κ3) is 43.6. The average molecular weight is 810 g/mol. The average Bonchev–Trinajstić information content (AvgIpc) is 3.19. The molecule has 0 aromatic heterocycles. The first kappa shape index (κ1) is 54.5. The Morgan fingerprint density at radius 3 is 1.50 bits per heavy atom. The van der Waals surface area contributed by atoms with Crippen molar-refractivity contribution in [1.29, 1.82) is 0 Å². The van der Waals surface area contributed by atoms with Crippen molar-refractivity contribution in [1.82, 2.24) is 0 Å². The SMILES string of the molecule is CC/C=C\C/C=C\C/C=C\C/C=C\CCCCCCCCCCCCCOCC(COP(=O)(O)OCCN)OC(=O)CCCCCCCCCCCCCCC. The van der Waals surface area contributed by atoms with Gasteiger partial charge in [-0.1, -0.05) is 197 Å². The van der Waals surface area contributed by atoms with Crippen LogP contribution < -0.4 is 5.73 Å². The van der Waals surface area contributed by atoms with E-state index in [9.17, 15) is 14.3 Å². The molecule has 0 aliphatic rings. The summed E-state index contributed by atoms with van der Waals surface area (Å²) in [7, 11) is -4.28. The molecule has 8 nitrogen and oxygen atoms in total. The van der Waals surface area contributed by atoms with E-state index in [0.29, 0.717) is 13.0 Å². The van der Waals surface area contributed by atoms with Gasteiger partial charge in [-0.25, -0.2) is 4.57 Å². The molecule has 9 heteroatoms. The van der Waals surface area contributed by atoms with Gasteiger partial charge in [0.25, 0.3) is 0 Å². The molecule has 2 atom stereocenters. The number of rotatable bonds is 44. The first-order valence-electron chi connectivity index (χ1n) is 23.1. The Morgan fingerprint density at radius 1 is 0.554 bits per heavy atom. The molecule has 328 valence electrons. The van der Waals surface area contributed by atoms with Crippen LogP contribution >= 0.6 is 7.82 Å². The van der Waals surface area contributed by atoms with Gasteiger partial charge in [0.15, 0.2) is 0 Å². The maximum atomic E-state index is 12.6. The summed E-state index contributed by atoms with van der Waals surface area (Å²) in [4.78, 5) is 22.5. The van der Waals surface area contributed by atoms with Crippen molar-refractivity contribution in [2.24, 2.45) is 5.73 Å². The zero-order valence-corrected chi connectivity index (χ0v) is 37.3. The van der Waals surface area contributed by atoms with Gasteiger partial charge in [0, 0.05) is 19.6 Å². The lowest BCUT2D eigenvalue weighted by Crippen LogP contribution is -2.28. The minimum Gasteiger partial charge on any atom is -0.457 e. The molecule has 2 unspecified atom stereocenters. The van der Waals surface area contributed by atoms with Crippen molar-refractivity contribution >= 4 is 13.8 Å². The quantitative estimate of drug-likeness (QED) is 0.0270. The number of hydrogen-bond acceptors (Lipinski definition) is 7. The predicted molar refractivity (Wildman–Crippen MR) is 238 cm³/mol. The lowest BCUT2D eigenvalue weighted by molar-refractivity contribution is -0.154. The summed E-state index contributed by atoms with van der Waals surface area (Å²) in [6.07, 6.45) is 52.8. The Morgan fingerprint density at radius 2 is 1.00 bits per heavy atom. The van der Waals surface area contributed by atoms with Gasteiger partial charge in [0.1, 0.15) is 6.10 Å². The second-order valence-electron chi connectivity index (χ2n) is 15.2. The molecule has 0 heterocycles. The fourth-order valence-electron chi connectivity index (χ4n) is 6.40. The van der Waals surface area contributed by atoms with Gasteiger partial charge in [0.2, 0.25) is 0 Å². The van der Waals surface area contributed by atoms with E-state index in [2.05, 4.69) is 62.5 Å². The summed E-state index contributed by atoms with van der Waals surface area (Å²) in [5.74, 6) is -0.331. The molecule has 0 aliphatic heterocycles. The van der Waals surface area contributed by atoms with Gasteiger partial charge in [-0.2, -0.15) is 0 Å². The number of unbranched alkanes of at least 4 members (excludes halogenated alkanes) is 23. The molecule has 0 amide bonds. The molecule has 0 saturated heterocycles. The molecule has 0 aromatic carbocycles. The fraction of sp³-hybridized carbons (Fsp3) is 0.809. The maximum Gasteiger partial charge on any atom is 0.472 e. The molecule has 0 fully saturated rings.